The number of likely N-dealkylation sites (tertiary alicyclic amines) is 1. The van der Waals surface area contributed by atoms with E-state index in [1.54, 1.807) is 0 Å². The number of rotatable bonds is 5. The Kier molecular flexibility index (Phi) is 4.32. The third-order valence-electron chi connectivity index (χ3n) is 4.42. The number of hydrogen-bond acceptors (Lipinski definition) is 2. The van der Waals surface area contributed by atoms with E-state index in [1.165, 1.54) is 31.0 Å². The molecule has 2 fully saturated rings. The van der Waals surface area contributed by atoms with E-state index in [-0.39, 0.29) is 5.56 Å². The zero-order chi connectivity index (χ0) is 13.9. The van der Waals surface area contributed by atoms with Crippen LogP contribution in [0.3, 0.4) is 0 Å². The van der Waals surface area contributed by atoms with Crippen LogP contribution in [0.5, 0.6) is 0 Å². The summed E-state index contributed by atoms with van der Waals surface area (Å²) in [6.45, 7) is 3.36. The van der Waals surface area contributed by atoms with E-state index in [4.69, 9.17) is 0 Å². The molecule has 1 aromatic carbocycles. The lowest BCUT2D eigenvalue weighted by Crippen LogP contribution is -2.37. The fourth-order valence-corrected chi connectivity index (χ4v) is 2.88. The molecule has 1 saturated heterocycles. The highest BCUT2D eigenvalue weighted by Crippen LogP contribution is 2.23. The average Bonchev–Trinajstić information content (AvgIpc) is 3.26. The molecule has 0 unspecified atom stereocenters. The zero-order valence-corrected chi connectivity index (χ0v) is 11.7. The Morgan fingerprint density at radius 3 is 2.30 bits per heavy atom. The van der Waals surface area contributed by atoms with Crippen molar-refractivity contribution >= 4 is 0 Å². The van der Waals surface area contributed by atoms with Gasteiger partial charge in [-0.3, -0.25) is 4.90 Å². The fourth-order valence-electron chi connectivity index (χ4n) is 2.88. The molecule has 0 aromatic heterocycles. The van der Waals surface area contributed by atoms with Crippen LogP contribution < -0.4 is 5.32 Å². The van der Waals surface area contributed by atoms with E-state index in [9.17, 15) is 8.78 Å². The largest absolute Gasteiger partial charge is 0.314 e. The molecule has 1 saturated carbocycles. The van der Waals surface area contributed by atoms with Gasteiger partial charge in [-0.25, -0.2) is 8.78 Å². The van der Waals surface area contributed by atoms with Gasteiger partial charge in [0.25, 0.3) is 0 Å². The first-order valence-electron chi connectivity index (χ1n) is 7.61. The van der Waals surface area contributed by atoms with E-state index in [1.807, 2.05) is 0 Å². The molecule has 1 aliphatic heterocycles. The number of benzene rings is 1. The Morgan fingerprint density at radius 1 is 1.05 bits per heavy atom. The van der Waals surface area contributed by atoms with E-state index < -0.39 is 11.6 Å². The number of nitrogens with zero attached hydrogens (tertiary/aromatic N) is 1. The predicted octanol–water partition coefficient (Wildman–Crippen LogP) is 2.93. The number of nitrogens with one attached hydrogen (secondary N) is 1. The lowest BCUT2D eigenvalue weighted by atomic mass is 9.96. The summed E-state index contributed by atoms with van der Waals surface area (Å²) < 4.78 is 27.2. The first-order valence-corrected chi connectivity index (χ1v) is 7.61. The van der Waals surface area contributed by atoms with Crippen molar-refractivity contribution in [3.63, 3.8) is 0 Å². The summed E-state index contributed by atoms with van der Waals surface area (Å²) in [5.41, 5.74) is 0.210. The van der Waals surface area contributed by atoms with Crippen molar-refractivity contribution in [3.8, 4) is 0 Å². The topological polar surface area (TPSA) is 15.3 Å². The molecular weight excluding hydrogens is 258 g/mol. The lowest BCUT2D eigenvalue weighted by Gasteiger charge is -2.32. The number of piperidine rings is 1. The second-order valence-corrected chi connectivity index (χ2v) is 6.10. The second-order valence-electron chi connectivity index (χ2n) is 6.10. The normalized spacial score (nSPS) is 21.3. The molecule has 0 amide bonds. The van der Waals surface area contributed by atoms with Gasteiger partial charge in [-0.2, -0.15) is 0 Å². The Bertz CT molecular complexity index is 432. The van der Waals surface area contributed by atoms with Gasteiger partial charge in [0.2, 0.25) is 0 Å². The van der Waals surface area contributed by atoms with Crippen molar-refractivity contribution in [2.24, 2.45) is 5.92 Å². The molecule has 1 heterocycles. The van der Waals surface area contributed by atoms with Gasteiger partial charge >= 0.3 is 0 Å². The third kappa shape index (κ3) is 3.55. The van der Waals surface area contributed by atoms with Crippen molar-refractivity contribution in [2.75, 3.05) is 19.6 Å². The molecule has 1 N–H and O–H groups in total. The maximum Gasteiger partial charge on any atom is 0.130 e. The second kappa shape index (κ2) is 6.19. The highest BCUT2D eigenvalue weighted by atomic mass is 19.1. The minimum absolute atomic E-state index is 0.210. The molecule has 0 atom stereocenters. The summed E-state index contributed by atoms with van der Waals surface area (Å²) in [6, 6.07) is 4.86. The van der Waals surface area contributed by atoms with Gasteiger partial charge in [0.05, 0.1) is 0 Å². The average molecular weight is 280 g/mol. The maximum absolute atomic E-state index is 13.6. The van der Waals surface area contributed by atoms with Gasteiger partial charge in [-0.15, -0.1) is 0 Å². The quantitative estimate of drug-likeness (QED) is 0.892. The van der Waals surface area contributed by atoms with Crippen molar-refractivity contribution in [3.05, 3.63) is 35.4 Å². The van der Waals surface area contributed by atoms with Crippen LogP contribution in [0.15, 0.2) is 18.2 Å². The van der Waals surface area contributed by atoms with Crippen LogP contribution in [0.25, 0.3) is 0 Å². The highest BCUT2D eigenvalue weighted by molar-refractivity contribution is 5.19. The van der Waals surface area contributed by atoms with Gasteiger partial charge in [-0.1, -0.05) is 6.07 Å². The van der Waals surface area contributed by atoms with Crippen molar-refractivity contribution in [1.29, 1.82) is 0 Å². The molecule has 110 valence electrons. The first-order chi connectivity index (χ1) is 9.72. The lowest BCUT2D eigenvalue weighted by molar-refractivity contribution is 0.171. The first kappa shape index (κ1) is 14.0. The molecular formula is C16H22F2N2. The van der Waals surface area contributed by atoms with Crippen LogP contribution in [0.2, 0.25) is 0 Å². The third-order valence-corrected chi connectivity index (χ3v) is 4.42. The van der Waals surface area contributed by atoms with Crippen LogP contribution in [-0.2, 0) is 6.54 Å². The standard InChI is InChI=1S/C16H22F2N2/c17-15-2-1-3-16(18)14(15)11-20-8-6-12(7-9-20)10-19-13-4-5-13/h1-3,12-13,19H,4-11H2. The van der Waals surface area contributed by atoms with E-state index in [0.29, 0.717) is 6.54 Å². The fraction of sp³-hybridized carbons (Fsp3) is 0.625. The van der Waals surface area contributed by atoms with Gasteiger partial charge in [0, 0.05) is 18.2 Å². The van der Waals surface area contributed by atoms with Crippen molar-refractivity contribution in [2.45, 2.75) is 38.3 Å². The predicted molar refractivity (Wildman–Crippen MR) is 75.4 cm³/mol. The van der Waals surface area contributed by atoms with Gasteiger partial charge in [0.1, 0.15) is 11.6 Å². The summed E-state index contributed by atoms with van der Waals surface area (Å²) in [4.78, 5) is 2.16. The van der Waals surface area contributed by atoms with Gasteiger partial charge in [-0.05, 0) is 63.4 Å². The molecule has 0 bridgehead atoms. The van der Waals surface area contributed by atoms with E-state index in [0.717, 1.165) is 44.4 Å². The summed E-state index contributed by atoms with van der Waals surface area (Å²) in [6.07, 6.45) is 4.89. The molecule has 0 radical (unpaired) electrons. The van der Waals surface area contributed by atoms with Crippen LogP contribution in [0.1, 0.15) is 31.2 Å². The van der Waals surface area contributed by atoms with Crippen LogP contribution >= 0.6 is 0 Å². The minimum Gasteiger partial charge on any atom is -0.314 e. The van der Waals surface area contributed by atoms with E-state index in [2.05, 4.69) is 10.2 Å². The summed E-state index contributed by atoms with van der Waals surface area (Å²) >= 11 is 0. The SMILES string of the molecule is Fc1cccc(F)c1CN1CCC(CNC2CC2)CC1. The summed E-state index contributed by atoms with van der Waals surface area (Å²) in [5, 5.41) is 3.57. The number of hydrogen-bond donors (Lipinski definition) is 1. The van der Waals surface area contributed by atoms with Crippen LogP contribution in [0.4, 0.5) is 8.78 Å². The Labute approximate surface area is 119 Å². The molecule has 4 heteroatoms. The van der Waals surface area contributed by atoms with Crippen molar-refractivity contribution in [1.82, 2.24) is 10.2 Å². The van der Waals surface area contributed by atoms with Crippen LogP contribution in [0, 0.1) is 17.6 Å². The number of halogens is 2. The molecule has 3 rings (SSSR count). The van der Waals surface area contributed by atoms with Gasteiger partial charge in [0.15, 0.2) is 0 Å². The highest BCUT2D eigenvalue weighted by Gasteiger charge is 2.24. The summed E-state index contributed by atoms with van der Waals surface area (Å²) in [5.74, 6) is -0.137. The summed E-state index contributed by atoms with van der Waals surface area (Å²) in [7, 11) is 0. The monoisotopic (exact) mass is 280 g/mol. The minimum atomic E-state index is -0.428. The molecule has 20 heavy (non-hydrogen) atoms. The van der Waals surface area contributed by atoms with Crippen molar-refractivity contribution < 1.29 is 8.78 Å². The molecule has 2 aliphatic rings. The van der Waals surface area contributed by atoms with Crippen LogP contribution in [-0.4, -0.2) is 30.6 Å². The zero-order valence-electron chi connectivity index (χ0n) is 11.7. The van der Waals surface area contributed by atoms with E-state index >= 15 is 0 Å². The molecule has 2 nitrogen and oxygen atoms in total. The van der Waals surface area contributed by atoms with Gasteiger partial charge < -0.3 is 5.32 Å². The Balaban J connectivity index is 1.48. The molecule has 0 spiro atoms. The smallest absolute Gasteiger partial charge is 0.130 e. The maximum atomic E-state index is 13.6. The Hall–Kier alpha value is -1.00. The molecule has 1 aliphatic carbocycles. The molecule has 1 aromatic rings. The Morgan fingerprint density at radius 2 is 1.70 bits per heavy atom.